The smallest absolute Gasteiger partial charge is 0.0229 e. The first-order valence-corrected chi connectivity index (χ1v) is 5.85. The summed E-state index contributed by atoms with van der Waals surface area (Å²) >= 11 is 0. The molecule has 3 atom stereocenters. The molecule has 0 bridgehead atoms. The van der Waals surface area contributed by atoms with E-state index in [0.29, 0.717) is 18.0 Å². The van der Waals surface area contributed by atoms with Gasteiger partial charge in [-0.1, -0.05) is 26.0 Å². The molecule has 1 rings (SSSR count). The van der Waals surface area contributed by atoms with Crippen LogP contribution in [0.15, 0.2) is 12.2 Å². The molecule has 1 aliphatic carbocycles. The Bertz CT molecular complexity index is 189. The molecule has 2 heteroatoms. The zero-order chi connectivity index (χ0) is 10.6. The molecule has 0 spiro atoms. The van der Waals surface area contributed by atoms with Gasteiger partial charge in [-0.15, -0.1) is 0 Å². The SMILES string of the molecule is CCC(C)N(CC)CC1C=CC(N)C1. The molecular formula is C12H24N2. The molecule has 2 nitrogen and oxygen atoms in total. The van der Waals surface area contributed by atoms with Crippen LogP contribution in [0, 0.1) is 5.92 Å². The fourth-order valence-electron chi connectivity index (χ4n) is 2.12. The third kappa shape index (κ3) is 3.10. The average Bonchev–Trinajstić information content (AvgIpc) is 2.59. The number of rotatable bonds is 5. The largest absolute Gasteiger partial charge is 0.324 e. The van der Waals surface area contributed by atoms with Crippen LogP contribution >= 0.6 is 0 Å². The molecular weight excluding hydrogens is 172 g/mol. The van der Waals surface area contributed by atoms with E-state index in [1.807, 2.05) is 0 Å². The Kier molecular flexibility index (Phi) is 4.63. The summed E-state index contributed by atoms with van der Waals surface area (Å²) in [6.45, 7) is 9.13. The molecule has 2 N–H and O–H groups in total. The maximum atomic E-state index is 5.85. The monoisotopic (exact) mass is 196 g/mol. The van der Waals surface area contributed by atoms with Gasteiger partial charge in [0, 0.05) is 18.6 Å². The van der Waals surface area contributed by atoms with Gasteiger partial charge >= 0.3 is 0 Å². The molecule has 0 aromatic rings. The second-order valence-electron chi connectivity index (χ2n) is 4.39. The lowest BCUT2D eigenvalue weighted by atomic mass is 10.1. The highest BCUT2D eigenvalue weighted by Crippen LogP contribution is 2.19. The normalized spacial score (nSPS) is 28.6. The highest BCUT2D eigenvalue weighted by Gasteiger charge is 2.19. The van der Waals surface area contributed by atoms with Crippen molar-refractivity contribution in [1.82, 2.24) is 4.90 Å². The van der Waals surface area contributed by atoms with E-state index in [9.17, 15) is 0 Å². The first-order valence-electron chi connectivity index (χ1n) is 5.85. The molecule has 0 aromatic carbocycles. The number of nitrogens with two attached hydrogens (primary N) is 1. The summed E-state index contributed by atoms with van der Waals surface area (Å²) in [7, 11) is 0. The maximum Gasteiger partial charge on any atom is 0.0229 e. The van der Waals surface area contributed by atoms with Gasteiger partial charge in [-0.3, -0.25) is 0 Å². The second-order valence-corrected chi connectivity index (χ2v) is 4.39. The first-order chi connectivity index (χ1) is 6.67. The topological polar surface area (TPSA) is 29.3 Å². The molecule has 0 radical (unpaired) electrons. The molecule has 0 saturated carbocycles. The number of hydrogen-bond acceptors (Lipinski definition) is 2. The predicted molar refractivity (Wildman–Crippen MR) is 62.2 cm³/mol. The zero-order valence-corrected chi connectivity index (χ0v) is 9.74. The van der Waals surface area contributed by atoms with E-state index >= 15 is 0 Å². The van der Waals surface area contributed by atoms with Crippen molar-refractivity contribution in [2.45, 2.75) is 45.7 Å². The highest BCUT2D eigenvalue weighted by molar-refractivity contribution is 5.05. The van der Waals surface area contributed by atoms with Crippen LogP contribution in [0.1, 0.15) is 33.6 Å². The Balaban J connectivity index is 2.37. The summed E-state index contributed by atoms with van der Waals surface area (Å²) < 4.78 is 0. The lowest BCUT2D eigenvalue weighted by Crippen LogP contribution is -2.36. The Morgan fingerprint density at radius 3 is 2.57 bits per heavy atom. The van der Waals surface area contributed by atoms with Crippen LogP contribution in [-0.2, 0) is 0 Å². The van der Waals surface area contributed by atoms with Gasteiger partial charge in [-0.05, 0) is 32.2 Å². The van der Waals surface area contributed by atoms with E-state index in [1.165, 1.54) is 13.0 Å². The van der Waals surface area contributed by atoms with Crippen LogP contribution in [0.25, 0.3) is 0 Å². The van der Waals surface area contributed by atoms with Gasteiger partial charge in [0.15, 0.2) is 0 Å². The van der Waals surface area contributed by atoms with E-state index < -0.39 is 0 Å². The standard InChI is InChI=1S/C12H24N2/c1-4-10(3)14(5-2)9-11-6-7-12(13)8-11/h6-7,10-12H,4-5,8-9,13H2,1-3H3. The Morgan fingerprint density at radius 2 is 2.14 bits per heavy atom. The van der Waals surface area contributed by atoms with Crippen molar-refractivity contribution in [2.24, 2.45) is 11.7 Å². The lowest BCUT2D eigenvalue weighted by molar-refractivity contribution is 0.193. The minimum absolute atomic E-state index is 0.302. The van der Waals surface area contributed by atoms with Crippen molar-refractivity contribution in [3.63, 3.8) is 0 Å². The molecule has 0 aromatic heterocycles. The third-order valence-electron chi connectivity index (χ3n) is 3.29. The van der Waals surface area contributed by atoms with Gasteiger partial charge in [-0.25, -0.2) is 0 Å². The molecule has 0 amide bonds. The maximum absolute atomic E-state index is 5.85. The Labute approximate surface area is 88.2 Å². The minimum Gasteiger partial charge on any atom is -0.324 e. The van der Waals surface area contributed by atoms with Gasteiger partial charge in [-0.2, -0.15) is 0 Å². The number of hydrogen-bond donors (Lipinski definition) is 1. The molecule has 3 unspecified atom stereocenters. The van der Waals surface area contributed by atoms with Crippen molar-refractivity contribution in [2.75, 3.05) is 13.1 Å². The zero-order valence-electron chi connectivity index (χ0n) is 9.74. The van der Waals surface area contributed by atoms with E-state index in [2.05, 4.69) is 37.8 Å². The highest BCUT2D eigenvalue weighted by atomic mass is 15.1. The van der Waals surface area contributed by atoms with Crippen molar-refractivity contribution < 1.29 is 0 Å². The first kappa shape index (κ1) is 11.7. The van der Waals surface area contributed by atoms with E-state index in [0.717, 1.165) is 13.0 Å². The van der Waals surface area contributed by atoms with Crippen molar-refractivity contribution >= 4 is 0 Å². The summed E-state index contributed by atoms with van der Waals surface area (Å²) in [6, 6.07) is 1.00. The average molecular weight is 196 g/mol. The van der Waals surface area contributed by atoms with Gasteiger partial charge in [0.2, 0.25) is 0 Å². The van der Waals surface area contributed by atoms with Crippen LogP contribution < -0.4 is 5.73 Å². The fraction of sp³-hybridized carbons (Fsp3) is 0.833. The van der Waals surface area contributed by atoms with Crippen LogP contribution in [-0.4, -0.2) is 30.1 Å². The number of nitrogens with zero attached hydrogens (tertiary/aromatic N) is 1. The van der Waals surface area contributed by atoms with Crippen molar-refractivity contribution in [3.05, 3.63) is 12.2 Å². The van der Waals surface area contributed by atoms with Crippen LogP contribution in [0.5, 0.6) is 0 Å². The molecule has 0 saturated heterocycles. The van der Waals surface area contributed by atoms with Gasteiger partial charge in [0.1, 0.15) is 0 Å². The van der Waals surface area contributed by atoms with E-state index in [-0.39, 0.29) is 0 Å². The molecule has 14 heavy (non-hydrogen) atoms. The summed E-state index contributed by atoms with van der Waals surface area (Å²) in [5.74, 6) is 0.680. The lowest BCUT2D eigenvalue weighted by Gasteiger charge is -2.29. The fourth-order valence-corrected chi connectivity index (χ4v) is 2.12. The van der Waals surface area contributed by atoms with Gasteiger partial charge in [0.05, 0.1) is 0 Å². The van der Waals surface area contributed by atoms with Crippen LogP contribution in [0.2, 0.25) is 0 Å². The predicted octanol–water partition coefficient (Wildman–Crippen LogP) is 2.01. The van der Waals surface area contributed by atoms with Gasteiger partial charge < -0.3 is 10.6 Å². The second kappa shape index (κ2) is 5.52. The molecule has 0 fully saturated rings. The quantitative estimate of drug-likeness (QED) is 0.682. The van der Waals surface area contributed by atoms with Crippen LogP contribution in [0.4, 0.5) is 0 Å². The van der Waals surface area contributed by atoms with E-state index in [1.54, 1.807) is 0 Å². The van der Waals surface area contributed by atoms with Crippen molar-refractivity contribution in [1.29, 1.82) is 0 Å². The minimum atomic E-state index is 0.302. The van der Waals surface area contributed by atoms with E-state index in [4.69, 9.17) is 5.73 Å². The van der Waals surface area contributed by atoms with Crippen LogP contribution in [0.3, 0.4) is 0 Å². The van der Waals surface area contributed by atoms with Crippen molar-refractivity contribution in [3.8, 4) is 0 Å². The summed E-state index contributed by atoms with van der Waals surface area (Å²) in [5.41, 5.74) is 5.85. The summed E-state index contributed by atoms with van der Waals surface area (Å²) in [4.78, 5) is 2.55. The third-order valence-corrected chi connectivity index (χ3v) is 3.29. The molecule has 1 aliphatic rings. The van der Waals surface area contributed by atoms with Gasteiger partial charge in [0.25, 0.3) is 0 Å². The Morgan fingerprint density at radius 1 is 1.43 bits per heavy atom. The molecule has 0 aliphatic heterocycles. The Hall–Kier alpha value is -0.340. The molecule has 82 valence electrons. The summed E-state index contributed by atoms with van der Waals surface area (Å²) in [6.07, 6.45) is 6.80. The summed E-state index contributed by atoms with van der Waals surface area (Å²) in [5, 5.41) is 0. The molecule has 0 heterocycles.